The van der Waals surface area contributed by atoms with E-state index in [0.29, 0.717) is 0 Å². The molecule has 1 heterocycles. The van der Waals surface area contributed by atoms with Gasteiger partial charge in [0.1, 0.15) is 5.82 Å². The summed E-state index contributed by atoms with van der Waals surface area (Å²) < 4.78 is 13.1. The average Bonchev–Trinajstić information content (AvgIpc) is 2.41. The van der Waals surface area contributed by atoms with Gasteiger partial charge in [0.25, 0.3) is 0 Å². The number of anilines is 1. The highest BCUT2D eigenvalue weighted by Crippen LogP contribution is 2.30. The van der Waals surface area contributed by atoms with Gasteiger partial charge in [-0.05, 0) is 36.6 Å². The van der Waals surface area contributed by atoms with E-state index < -0.39 is 0 Å². The molecule has 64 valence electrons. The summed E-state index contributed by atoms with van der Waals surface area (Å²) in [5, 5.41) is 0. The fourth-order valence-electron chi connectivity index (χ4n) is 1.79. The van der Waals surface area contributed by atoms with Crippen LogP contribution in [0.15, 0.2) is 12.1 Å². The van der Waals surface area contributed by atoms with Crippen molar-refractivity contribution in [3.8, 4) is 0 Å². The fourth-order valence-corrected chi connectivity index (χ4v) is 1.79. The second-order valence-corrected chi connectivity index (χ2v) is 3.34. The zero-order valence-corrected chi connectivity index (χ0v) is 7.39. The van der Waals surface area contributed by atoms with Crippen molar-refractivity contribution in [2.45, 2.75) is 13.3 Å². The van der Waals surface area contributed by atoms with E-state index in [9.17, 15) is 4.39 Å². The molecule has 0 saturated carbocycles. The molecule has 0 spiro atoms. The Labute approximate surface area is 71.8 Å². The Kier molecular flexibility index (Phi) is 1.56. The molecular weight excluding hydrogens is 153 g/mol. The first-order valence-electron chi connectivity index (χ1n) is 4.19. The number of halogens is 1. The lowest BCUT2D eigenvalue weighted by atomic mass is 10.1. The van der Waals surface area contributed by atoms with Gasteiger partial charge in [0, 0.05) is 19.3 Å². The van der Waals surface area contributed by atoms with Crippen molar-refractivity contribution in [3.63, 3.8) is 0 Å². The third-order valence-corrected chi connectivity index (χ3v) is 2.62. The third-order valence-electron chi connectivity index (χ3n) is 2.62. The van der Waals surface area contributed by atoms with Gasteiger partial charge in [0.15, 0.2) is 0 Å². The highest BCUT2D eigenvalue weighted by atomic mass is 19.1. The summed E-state index contributed by atoms with van der Waals surface area (Å²) in [4.78, 5) is 2.17. The van der Waals surface area contributed by atoms with Crippen LogP contribution in [0.1, 0.15) is 11.1 Å². The van der Waals surface area contributed by atoms with Gasteiger partial charge in [0.2, 0.25) is 0 Å². The van der Waals surface area contributed by atoms with Gasteiger partial charge in [0.05, 0.1) is 0 Å². The summed E-state index contributed by atoms with van der Waals surface area (Å²) in [7, 11) is 2.04. The van der Waals surface area contributed by atoms with Crippen LogP contribution in [0, 0.1) is 12.7 Å². The lowest BCUT2D eigenvalue weighted by Crippen LogP contribution is -2.12. The van der Waals surface area contributed by atoms with E-state index >= 15 is 0 Å². The number of nitrogens with zero attached hydrogens (tertiary/aromatic N) is 1. The molecule has 1 aliphatic heterocycles. The molecule has 2 rings (SSSR count). The normalized spacial score (nSPS) is 15.1. The topological polar surface area (TPSA) is 3.24 Å². The molecule has 1 nitrogen and oxygen atoms in total. The Morgan fingerprint density at radius 3 is 2.92 bits per heavy atom. The molecule has 0 radical (unpaired) electrons. The van der Waals surface area contributed by atoms with E-state index in [4.69, 9.17) is 0 Å². The van der Waals surface area contributed by atoms with Crippen LogP contribution in [0.3, 0.4) is 0 Å². The van der Waals surface area contributed by atoms with Crippen molar-refractivity contribution in [3.05, 3.63) is 29.1 Å². The molecule has 2 heteroatoms. The molecule has 0 fully saturated rings. The number of hydrogen-bond donors (Lipinski definition) is 0. The standard InChI is InChI=1S/C10H12FN/c1-7-8-5-6-12(2)10(8)4-3-9(7)11/h3-4H,5-6H2,1-2H3. The number of fused-ring (bicyclic) bond motifs is 1. The van der Waals surface area contributed by atoms with Crippen molar-refractivity contribution >= 4 is 5.69 Å². The second kappa shape index (κ2) is 2.47. The van der Waals surface area contributed by atoms with E-state index in [-0.39, 0.29) is 5.82 Å². The van der Waals surface area contributed by atoms with Crippen molar-refractivity contribution in [1.29, 1.82) is 0 Å². The van der Waals surface area contributed by atoms with Crippen molar-refractivity contribution in [1.82, 2.24) is 0 Å². The highest BCUT2D eigenvalue weighted by molar-refractivity contribution is 5.60. The van der Waals surface area contributed by atoms with E-state index in [1.807, 2.05) is 20.0 Å². The summed E-state index contributed by atoms with van der Waals surface area (Å²) >= 11 is 0. The summed E-state index contributed by atoms with van der Waals surface area (Å²) in [6.45, 7) is 2.87. The maximum atomic E-state index is 13.1. The smallest absolute Gasteiger partial charge is 0.126 e. The molecule has 1 aromatic carbocycles. The zero-order valence-electron chi connectivity index (χ0n) is 7.39. The first-order chi connectivity index (χ1) is 5.70. The quantitative estimate of drug-likeness (QED) is 0.569. The van der Waals surface area contributed by atoms with Gasteiger partial charge < -0.3 is 4.90 Å². The molecule has 0 N–H and O–H groups in total. The first kappa shape index (κ1) is 7.59. The molecule has 1 aliphatic rings. The Hall–Kier alpha value is -1.05. The highest BCUT2D eigenvalue weighted by Gasteiger charge is 2.18. The predicted octanol–water partition coefficient (Wildman–Crippen LogP) is 2.13. The number of likely N-dealkylation sites (N-methyl/N-ethyl adjacent to an activating group) is 1. The van der Waals surface area contributed by atoms with Crippen LogP contribution in [-0.4, -0.2) is 13.6 Å². The average molecular weight is 165 g/mol. The molecular formula is C10H12FN. The Bertz CT molecular complexity index is 320. The lowest BCUT2D eigenvalue weighted by molar-refractivity contribution is 0.617. The van der Waals surface area contributed by atoms with E-state index in [2.05, 4.69) is 4.90 Å². The molecule has 12 heavy (non-hydrogen) atoms. The maximum Gasteiger partial charge on any atom is 0.126 e. The summed E-state index contributed by atoms with van der Waals surface area (Å²) in [5.41, 5.74) is 3.18. The first-order valence-corrected chi connectivity index (χ1v) is 4.19. The lowest BCUT2D eigenvalue weighted by Gasteiger charge is -2.12. The minimum atomic E-state index is -0.0796. The van der Waals surface area contributed by atoms with Gasteiger partial charge >= 0.3 is 0 Å². The van der Waals surface area contributed by atoms with Crippen LogP contribution in [0.4, 0.5) is 10.1 Å². The zero-order chi connectivity index (χ0) is 8.72. The minimum Gasteiger partial charge on any atom is -0.374 e. The van der Waals surface area contributed by atoms with Crippen molar-refractivity contribution in [2.75, 3.05) is 18.5 Å². The van der Waals surface area contributed by atoms with Crippen LogP contribution in [0.25, 0.3) is 0 Å². The molecule has 0 atom stereocenters. The number of benzene rings is 1. The molecule has 1 aromatic rings. The fraction of sp³-hybridized carbons (Fsp3) is 0.400. The molecule has 0 saturated heterocycles. The molecule has 0 aliphatic carbocycles. The van der Waals surface area contributed by atoms with Crippen molar-refractivity contribution in [2.24, 2.45) is 0 Å². The Morgan fingerprint density at radius 1 is 1.42 bits per heavy atom. The van der Waals surface area contributed by atoms with Gasteiger partial charge in [-0.15, -0.1) is 0 Å². The molecule has 0 unspecified atom stereocenters. The maximum absolute atomic E-state index is 13.1. The van der Waals surface area contributed by atoms with E-state index in [1.165, 1.54) is 11.3 Å². The van der Waals surface area contributed by atoms with Crippen LogP contribution in [0.5, 0.6) is 0 Å². The minimum absolute atomic E-state index is 0.0796. The summed E-state index contributed by atoms with van der Waals surface area (Å²) in [6.07, 6.45) is 0.982. The molecule has 0 aromatic heterocycles. The van der Waals surface area contributed by atoms with Crippen LogP contribution in [0.2, 0.25) is 0 Å². The Morgan fingerprint density at radius 2 is 2.17 bits per heavy atom. The van der Waals surface area contributed by atoms with Crippen molar-refractivity contribution < 1.29 is 4.39 Å². The van der Waals surface area contributed by atoms with Gasteiger partial charge in [-0.25, -0.2) is 4.39 Å². The molecule has 0 amide bonds. The number of hydrogen-bond acceptors (Lipinski definition) is 1. The largest absolute Gasteiger partial charge is 0.374 e. The SMILES string of the molecule is Cc1c(F)ccc2c1CCN2C. The van der Waals surface area contributed by atoms with E-state index in [0.717, 1.165) is 18.5 Å². The summed E-state index contributed by atoms with van der Waals surface area (Å²) in [6, 6.07) is 3.42. The van der Waals surface area contributed by atoms with E-state index in [1.54, 1.807) is 6.07 Å². The third kappa shape index (κ3) is 0.909. The van der Waals surface area contributed by atoms with Gasteiger partial charge in [-0.1, -0.05) is 0 Å². The van der Waals surface area contributed by atoms with Crippen LogP contribution < -0.4 is 4.90 Å². The monoisotopic (exact) mass is 165 g/mol. The predicted molar refractivity (Wildman–Crippen MR) is 48.1 cm³/mol. The number of rotatable bonds is 0. The van der Waals surface area contributed by atoms with Gasteiger partial charge in [-0.2, -0.15) is 0 Å². The van der Waals surface area contributed by atoms with Gasteiger partial charge in [-0.3, -0.25) is 0 Å². The van der Waals surface area contributed by atoms with Crippen LogP contribution in [-0.2, 0) is 6.42 Å². The van der Waals surface area contributed by atoms with Crippen LogP contribution >= 0.6 is 0 Å². The second-order valence-electron chi connectivity index (χ2n) is 3.34. The Balaban J connectivity index is 2.60. The molecule has 0 bridgehead atoms. The summed E-state index contributed by atoms with van der Waals surface area (Å²) in [5.74, 6) is -0.0796.